The van der Waals surface area contributed by atoms with Crippen molar-refractivity contribution in [1.82, 2.24) is 5.32 Å². The van der Waals surface area contributed by atoms with Gasteiger partial charge < -0.3 is 10.4 Å². The second-order valence-electron chi connectivity index (χ2n) is 11.5. The average molecular weight is 574 g/mol. The third kappa shape index (κ3) is 28.4. The van der Waals surface area contributed by atoms with Crippen molar-refractivity contribution in [1.29, 1.82) is 0 Å². The van der Waals surface area contributed by atoms with Crippen LogP contribution >= 0.6 is 0 Å². The molecule has 3 N–H and O–H groups in total. The second kappa shape index (κ2) is 27.3. The number of hydrogen-bond donors (Lipinski definition) is 3. The number of aliphatic hydroxyl groups is 1. The number of carbonyl (C=O) groups is 1. The van der Waals surface area contributed by atoms with Gasteiger partial charge in [0.15, 0.2) is 0 Å². The van der Waals surface area contributed by atoms with E-state index in [-0.39, 0.29) is 5.91 Å². The number of rotatable bonds is 29. The molecular weight excluding hydrogens is 510 g/mol. The summed E-state index contributed by atoms with van der Waals surface area (Å²) in [6.45, 7) is 4.47. The third-order valence-electron chi connectivity index (χ3n) is 7.46. The molecule has 0 rings (SSSR count). The van der Waals surface area contributed by atoms with Crippen LogP contribution in [0.1, 0.15) is 168 Å². The molecule has 0 saturated carbocycles. The van der Waals surface area contributed by atoms with Gasteiger partial charge in [-0.25, -0.2) is 0 Å². The van der Waals surface area contributed by atoms with Crippen LogP contribution in [0.4, 0.5) is 0 Å². The quantitative estimate of drug-likeness (QED) is 0.0472. The minimum absolute atomic E-state index is 0.280. The first-order valence-electron chi connectivity index (χ1n) is 16.4. The lowest BCUT2D eigenvalue weighted by Gasteiger charge is -2.21. The van der Waals surface area contributed by atoms with Gasteiger partial charge in [0, 0.05) is 6.42 Å². The lowest BCUT2D eigenvalue weighted by Crippen LogP contribution is -2.46. The molecule has 0 aromatic rings. The molecule has 2 atom stereocenters. The lowest BCUT2D eigenvalue weighted by atomic mass is 10.0. The van der Waals surface area contributed by atoms with Crippen LogP contribution in [0, 0.1) is 0 Å². The van der Waals surface area contributed by atoms with Gasteiger partial charge in [0.1, 0.15) is 0 Å². The van der Waals surface area contributed by atoms with E-state index < -0.39 is 28.0 Å². The predicted octanol–water partition coefficient (Wildman–Crippen LogP) is 8.68. The van der Waals surface area contributed by atoms with E-state index in [1.807, 2.05) is 6.08 Å². The van der Waals surface area contributed by atoms with E-state index in [0.29, 0.717) is 6.42 Å². The lowest BCUT2D eigenvalue weighted by molar-refractivity contribution is -0.122. The van der Waals surface area contributed by atoms with Crippen molar-refractivity contribution in [2.45, 2.75) is 180 Å². The van der Waals surface area contributed by atoms with Gasteiger partial charge in [0.25, 0.3) is 10.1 Å². The fourth-order valence-corrected chi connectivity index (χ4v) is 5.71. The summed E-state index contributed by atoms with van der Waals surface area (Å²) in [6.07, 6.45) is 30.5. The van der Waals surface area contributed by atoms with Gasteiger partial charge in [0.05, 0.1) is 17.9 Å². The Morgan fingerprint density at radius 2 is 1.05 bits per heavy atom. The van der Waals surface area contributed by atoms with Crippen LogP contribution in [0.5, 0.6) is 0 Å². The number of allylic oxidation sites excluding steroid dienone is 1. The Morgan fingerprint density at radius 3 is 1.46 bits per heavy atom. The SMILES string of the molecule is CCCCCCCCCCCCC/C=C/[C@H](O)[C@@H](CS(=O)(=O)O)NC(=O)CCCCCCCCCCCCC. The van der Waals surface area contributed by atoms with Crippen LogP contribution in [0.2, 0.25) is 0 Å². The van der Waals surface area contributed by atoms with Crippen LogP contribution in [-0.2, 0) is 14.9 Å². The molecule has 0 aliphatic carbocycles. The highest BCUT2D eigenvalue weighted by Crippen LogP contribution is 2.14. The normalized spacial score (nSPS) is 13.6. The molecular formula is C32H63NO5S. The van der Waals surface area contributed by atoms with Gasteiger partial charge >= 0.3 is 0 Å². The molecule has 1 amide bonds. The van der Waals surface area contributed by atoms with Crippen LogP contribution in [0.3, 0.4) is 0 Å². The Labute approximate surface area is 241 Å². The van der Waals surface area contributed by atoms with Gasteiger partial charge in [-0.3, -0.25) is 9.35 Å². The first-order valence-corrected chi connectivity index (χ1v) is 18.0. The first kappa shape index (κ1) is 38.1. The number of carbonyl (C=O) groups excluding carboxylic acids is 1. The van der Waals surface area contributed by atoms with Crippen molar-refractivity contribution >= 4 is 16.0 Å². The van der Waals surface area contributed by atoms with E-state index >= 15 is 0 Å². The van der Waals surface area contributed by atoms with E-state index in [4.69, 9.17) is 0 Å². The Kier molecular flexibility index (Phi) is 26.6. The Morgan fingerprint density at radius 1 is 0.667 bits per heavy atom. The molecule has 0 aliphatic rings. The smallest absolute Gasteiger partial charge is 0.267 e. The monoisotopic (exact) mass is 573 g/mol. The summed E-state index contributed by atoms with van der Waals surface area (Å²) in [5.41, 5.74) is 0. The number of aliphatic hydroxyl groups excluding tert-OH is 1. The Balaban J connectivity index is 4.05. The summed E-state index contributed by atoms with van der Waals surface area (Å²) in [7, 11) is -4.33. The van der Waals surface area contributed by atoms with Gasteiger partial charge in [-0.2, -0.15) is 8.42 Å². The molecule has 0 heterocycles. The van der Waals surface area contributed by atoms with E-state index in [2.05, 4.69) is 19.2 Å². The van der Waals surface area contributed by atoms with Crippen molar-refractivity contribution in [2.24, 2.45) is 0 Å². The predicted molar refractivity (Wildman–Crippen MR) is 166 cm³/mol. The fraction of sp³-hybridized carbons (Fsp3) is 0.906. The molecule has 0 spiro atoms. The molecule has 0 bridgehead atoms. The van der Waals surface area contributed by atoms with Crippen molar-refractivity contribution in [3.8, 4) is 0 Å². The van der Waals surface area contributed by atoms with E-state index in [1.54, 1.807) is 6.08 Å². The highest BCUT2D eigenvalue weighted by Gasteiger charge is 2.24. The molecule has 0 saturated heterocycles. The number of amides is 1. The summed E-state index contributed by atoms with van der Waals surface area (Å²) in [4.78, 5) is 12.4. The van der Waals surface area contributed by atoms with Crippen molar-refractivity contribution in [3.63, 3.8) is 0 Å². The van der Waals surface area contributed by atoms with E-state index in [9.17, 15) is 22.9 Å². The average Bonchev–Trinajstić information content (AvgIpc) is 2.88. The third-order valence-corrected chi connectivity index (χ3v) is 8.24. The minimum Gasteiger partial charge on any atom is -0.387 e. The molecule has 0 radical (unpaired) electrons. The van der Waals surface area contributed by atoms with Gasteiger partial charge in [0.2, 0.25) is 5.91 Å². The zero-order valence-corrected chi connectivity index (χ0v) is 26.3. The first-order chi connectivity index (χ1) is 18.8. The van der Waals surface area contributed by atoms with Gasteiger partial charge in [-0.1, -0.05) is 154 Å². The van der Waals surface area contributed by atoms with Crippen molar-refractivity contribution < 1.29 is 22.9 Å². The highest BCUT2D eigenvalue weighted by molar-refractivity contribution is 7.85. The van der Waals surface area contributed by atoms with Gasteiger partial charge in [-0.05, 0) is 19.3 Å². The molecule has 232 valence electrons. The fourth-order valence-electron chi connectivity index (χ4n) is 4.98. The summed E-state index contributed by atoms with van der Waals surface area (Å²) >= 11 is 0. The standard InChI is InChI=1S/C32H63NO5S/c1-3-5-7-9-11-13-15-16-18-19-21-23-25-27-31(34)30(29-39(36,37)38)33-32(35)28-26-24-22-20-17-14-12-10-8-6-4-2/h25,27,30-31,34H,3-24,26,28-29H2,1-2H3,(H,33,35)(H,36,37,38)/b27-25+/t30-,31+/m1/s1. The summed E-state index contributed by atoms with van der Waals surface area (Å²) in [6, 6.07) is -1.05. The summed E-state index contributed by atoms with van der Waals surface area (Å²) in [5, 5.41) is 13.1. The van der Waals surface area contributed by atoms with Crippen molar-refractivity contribution in [3.05, 3.63) is 12.2 Å². The van der Waals surface area contributed by atoms with Crippen LogP contribution in [-0.4, -0.2) is 41.9 Å². The maximum absolute atomic E-state index is 12.4. The molecule has 39 heavy (non-hydrogen) atoms. The molecule has 0 aromatic heterocycles. The van der Waals surface area contributed by atoms with Crippen LogP contribution < -0.4 is 5.32 Å². The molecule has 6 nitrogen and oxygen atoms in total. The van der Waals surface area contributed by atoms with Crippen LogP contribution in [0.25, 0.3) is 0 Å². The summed E-state index contributed by atoms with van der Waals surface area (Å²) < 4.78 is 32.2. The largest absolute Gasteiger partial charge is 0.387 e. The zero-order chi connectivity index (χ0) is 29.0. The van der Waals surface area contributed by atoms with Crippen molar-refractivity contribution in [2.75, 3.05) is 5.75 Å². The molecule has 0 aromatic carbocycles. The Bertz CT molecular complexity index is 680. The van der Waals surface area contributed by atoms with E-state index in [1.165, 1.54) is 109 Å². The zero-order valence-electron chi connectivity index (χ0n) is 25.5. The minimum atomic E-state index is -4.33. The van der Waals surface area contributed by atoms with Crippen LogP contribution in [0.15, 0.2) is 12.2 Å². The maximum atomic E-state index is 12.4. The summed E-state index contributed by atoms with van der Waals surface area (Å²) in [5.74, 6) is -0.974. The Hall–Kier alpha value is -0.920. The second-order valence-corrected chi connectivity index (χ2v) is 12.9. The number of hydrogen-bond acceptors (Lipinski definition) is 4. The topological polar surface area (TPSA) is 104 Å². The molecule has 7 heteroatoms. The number of nitrogens with one attached hydrogen (secondary N) is 1. The molecule has 0 unspecified atom stereocenters. The van der Waals surface area contributed by atoms with Gasteiger partial charge in [-0.15, -0.1) is 0 Å². The van der Waals surface area contributed by atoms with E-state index in [0.717, 1.165) is 38.5 Å². The molecule has 0 aliphatic heterocycles. The maximum Gasteiger partial charge on any atom is 0.267 e. The number of unbranched alkanes of at least 4 members (excludes halogenated alkanes) is 21. The molecule has 0 fully saturated rings. The highest BCUT2D eigenvalue weighted by atomic mass is 32.2.